The fraction of sp³-hybridized carbons (Fsp3) is 0.333. The van der Waals surface area contributed by atoms with Gasteiger partial charge in [-0.1, -0.05) is 6.07 Å². The number of nitrogens with two attached hydrogens (primary N) is 1. The van der Waals surface area contributed by atoms with Crippen molar-refractivity contribution in [3.8, 4) is 0 Å². The summed E-state index contributed by atoms with van der Waals surface area (Å²) in [6.07, 6.45) is 1.48. The van der Waals surface area contributed by atoms with E-state index in [-0.39, 0.29) is 18.0 Å². The molecule has 0 unspecified atom stereocenters. The molecule has 0 saturated heterocycles. The number of nitrogens with zero attached hydrogens (tertiary/aromatic N) is 1. The maximum Gasteiger partial charge on any atom is 0.312 e. The van der Waals surface area contributed by atoms with Crippen LogP contribution in [0.25, 0.3) is 0 Å². The van der Waals surface area contributed by atoms with E-state index in [1.54, 1.807) is 6.07 Å². The van der Waals surface area contributed by atoms with Crippen molar-refractivity contribution in [1.82, 2.24) is 5.32 Å². The van der Waals surface area contributed by atoms with E-state index >= 15 is 0 Å². The average molecular weight is 280 g/mol. The summed E-state index contributed by atoms with van der Waals surface area (Å²) >= 11 is 0. The second-order valence-corrected chi connectivity index (χ2v) is 4.10. The summed E-state index contributed by atoms with van der Waals surface area (Å²) in [7, 11) is 0. The minimum Gasteiger partial charge on any atom is -0.352 e. The molecule has 0 fully saturated rings. The van der Waals surface area contributed by atoms with Gasteiger partial charge in [0.2, 0.25) is 5.91 Å². The van der Waals surface area contributed by atoms with Crippen LogP contribution in [0.4, 0.5) is 16.2 Å². The number of anilines is 1. The topological polar surface area (TPSA) is 127 Å². The number of nitro benzene ring substituents is 1. The third kappa shape index (κ3) is 5.80. The van der Waals surface area contributed by atoms with Gasteiger partial charge in [0.1, 0.15) is 0 Å². The molecular weight excluding hydrogens is 264 g/mol. The van der Waals surface area contributed by atoms with Crippen LogP contribution in [0.1, 0.15) is 19.3 Å². The van der Waals surface area contributed by atoms with Crippen LogP contribution < -0.4 is 16.4 Å². The number of amides is 3. The monoisotopic (exact) mass is 280 g/mol. The molecule has 0 aromatic heterocycles. The van der Waals surface area contributed by atoms with Gasteiger partial charge in [0.05, 0.1) is 4.92 Å². The molecule has 0 aliphatic carbocycles. The highest BCUT2D eigenvalue weighted by atomic mass is 16.6. The van der Waals surface area contributed by atoms with Crippen molar-refractivity contribution in [1.29, 1.82) is 0 Å². The molecule has 20 heavy (non-hydrogen) atoms. The Morgan fingerprint density at radius 1 is 1.30 bits per heavy atom. The van der Waals surface area contributed by atoms with Gasteiger partial charge in [0.15, 0.2) is 0 Å². The van der Waals surface area contributed by atoms with Gasteiger partial charge in [-0.2, -0.15) is 0 Å². The number of hydrogen-bond acceptors (Lipinski definition) is 4. The van der Waals surface area contributed by atoms with E-state index in [2.05, 4.69) is 10.6 Å². The predicted molar refractivity (Wildman–Crippen MR) is 73.2 cm³/mol. The van der Waals surface area contributed by atoms with Gasteiger partial charge in [-0.3, -0.25) is 14.9 Å². The molecule has 0 aliphatic heterocycles. The van der Waals surface area contributed by atoms with Crippen molar-refractivity contribution in [2.45, 2.75) is 19.3 Å². The van der Waals surface area contributed by atoms with E-state index in [0.29, 0.717) is 25.1 Å². The summed E-state index contributed by atoms with van der Waals surface area (Å²) in [6.45, 7) is 0.416. The Morgan fingerprint density at radius 3 is 2.70 bits per heavy atom. The third-order valence-electron chi connectivity index (χ3n) is 2.47. The van der Waals surface area contributed by atoms with Crippen LogP contribution in [0.2, 0.25) is 0 Å². The maximum atomic E-state index is 11.6. The SMILES string of the molecule is NC(=O)NCCCCC(=O)Nc1cccc([N+](=O)[O-])c1. The summed E-state index contributed by atoms with van der Waals surface area (Å²) in [5.41, 5.74) is 5.20. The van der Waals surface area contributed by atoms with E-state index in [4.69, 9.17) is 5.73 Å². The lowest BCUT2D eigenvalue weighted by Crippen LogP contribution is -2.30. The zero-order chi connectivity index (χ0) is 15.0. The molecule has 0 spiro atoms. The highest BCUT2D eigenvalue weighted by molar-refractivity contribution is 5.90. The Hall–Kier alpha value is -2.64. The largest absolute Gasteiger partial charge is 0.352 e. The van der Waals surface area contributed by atoms with Crippen LogP contribution in [0.3, 0.4) is 0 Å². The normalized spacial score (nSPS) is 9.80. The van der Waals surface area contributed by atoms with Crippen LogP contribution >= 0.6 is 0 Å². The van der Waals surface area contributed by atoms with Gasteiger partial charge >= 0.3 is 6.03 Å². The minimum atomic E-state index is -0.592. The Bertz CT molecular complexity index is 504. The first kappa shape index (κ1) is 15.4. The van der Waals surface area contributed by atoms with Crippen molar-refractivity contribution in [3.63, 3.8) is 0 Å². The standard InChI is InChI=1S/C12H16N4O4/c13-12(18)14-7-2-1-6-11(17)15-9-4-3-5-10(8-9)16(19)20/h3-5,8H,1-2,6-7H2,(H,15,17)(H3,13,14,18). The van der Waals surface area contributed by atoms with Gasteiger partial charge in [-0.15, -0.1) is 0 Å². The number of primary amides is 1. The molecule has 0 heterocycles. The molecular formula is C12H16N4O4. The molecule has 1 aromatic rings. The van der Waals surface area contributed by atoms with E-state index in [9.17, 15) is 19.7 Å². The summed E-state index contributed by atoms with van der Waals surface area (Å²) in [4.78, 5) is 32.1. The first-order valence-electron chi connectivity index (χ1n) is 6.06. The average Bonchev–Trinajstić information content (AvgIpc) is 2.38. The Balaban J connectivity index is 2.33. The fourth-order valence-electron chi connectivity index (χ4n) is 1.54. The van der Waals surface area contributed by atoms with Gasteiger partial charge in [0.25, 0.3) is 5.69 Å². The number of non-ortho nitro benzene ring substituents is 1. The molecule has 1 rings (SSSR count). The highest BCUT2D eigenvalue weighted by Gasteiger charge is 2.07. The molecule has 0 aliphatic rings. The zero-order valence-corrected chi connectivity index (χ0v) is 10.8. The molecule has 0 bridgehead atoms. The molecule has 108 valence electrons. The van der Waals surface area contributed by atoms with Crippen molar-refractivity contribution >= 4 is 23.3 Å². The zero-order valence-electron chi connectivity index (χ0n) is 10.8. The van der Waals surface area contributed by atoms with Crippen LogP contribution in [-0.4, -0.2) is 23.4 Å². The number of unbranched alkanes of at least 4 members (excludes halogenated alkanes) is 1. The molecule has 1 aromatic carbocycles. The Morgan fingerprint density at radius 2 is 2.05 bits per heavy atom. The molecule has 8 nitrogen and oxygen atoms in total. The van der Waals surface area contributed by atoms with E-state index in [1.165, 1.54) is 18.2 Å². The molecule has 0 saturated carbocycles. The van der Waals surface area contributed by atoms with Crippen molar-refractivity contribution < 1.29 is 14.5 Å². The van der Waals surface area contributed by atoms with Crippen LogP contribution in [0, 0.1) is 10.1 Å². The molecule has 4 N–H and O–H groups in total. The fourth-order valence-corrected chi connectivity index (χ4v) is 1.54. The van der Waals surface area contributed by atoms with E-state index in [0.717, 1.165) is 0 Å². The molecule has 0 atom stereocenters. The summed E-state index contributed by atoms with van der Waals surface area (Å²) in [5, 5.41) is 15.6. The lowest BCUT2D eigenvalue weighted by atomic mass is 10.2. The Labute approximate surface area is 115 Å². The van der Waals surface area contributed by atoms with Gasteiger partial charge < -0.3 is 16.4 Å². The first-order valence-corrected chi connectivity index (χ1v) is 6.06. The van der Waals surface area contributed by atoms with Crippen molar-refractivity contribution in [2.75, 3.05) is 11.9 Å². The lowest BCUT2D eigenvalue weighted by Gasteiger charge is -2.05. The van der Waals surface area contributed by atoms with Gasteiger partial charge in [-0.25, -0.2) is 4.79 Å². The smallest absolute Gasteiger partial charge is 0.312 e. The number of hydrogen-bond donors (Lipinski definition) is 3. The number of carbonyl (C=O) groups excluding carboxylic acids is 2. The summed E-state index contributed by atoms with van der Waals surface area (Å²) in [5.74, 6) is -0.232. The number of benzene rings is 1. The van der Waals surface area contributed by atoms with Gasteiger partial charge in [0, 0.05) is 30.8 Å². The second-order valence-electron chi connectivity index (χ2n) is 4.10. The summed E-state index contributed by atoms with van der Waals surface area (Å²) < 4.78 is 0. The lowest BCUT2D eigenvalue weighted by molar-refractivity contribution is -0.384. The first-order chi connectivity index (χ1) is 9.49. The third-order valence-corrected chi connectivity index (χ3v) is 2.47. The number of rotatable bonds is 7. The quantitative estimate of drug-likeness (QED) is 0.396. The summed E-state index contributed by atoms with van der Waals surface area (Å²) in [6, 6.07) is 5.15. The highest BCUT2D eigenvalue weighted by Crippen LogP contribution is 2.17. The van der Waals surface area contributed by atoms with Gasteiger partial charge in [-0.05, 0) is 18.9 Å². The number of urea groups is 1. The van der Waals surface area contributed by atoms with Crippen molar-refractivity contribution in [2.24, 2.45) is 5.73 Å². The molecule has 3 amide bonds. The number of carbonyl (C=O) groups is 2. The number of nitro groups is 1. The van der Waals surface area contributed by atoms with E-state index < -0.39 is 11.0 Å². The maximum absolute atomic E-state index is 11.6. The van der Waals surface area contributed by atoms with E-state index in [1.807, 2.05) is 0 Å². The molecule has 0 radical (unpaired) electrons. The Kier molecular flexibility index (Phi) is 5.95. The van der Waals surface area contributed by atoms with Crippen molar-refractivity contribution in [3.05, 3.63) is 34.4 Å². The minimum absolute atomic E-state index is 0.0755. The molecule has 8 heteroatoms. The second kappa shape index (κ2) is 7.72. The van der Waals surface area contributed by atoms with Crippen LogP contribution in [-0.2, 0) is 4.79 Å². The van der Waals surface area contributed by atoms with Crippen LogP contribution in [0.15, 0.2) is 24.3 Å². The number of nitrogens with one attached hydrogen (secondary N) is 2. The van der Waals surface area contributed by atoms with Crippen LogP contribution in [0.5, 0.6) is 0 Å². The predicted octanol–water partition coefficient (Wildman–Crippen LogP) is 1.37.